The molecule has 0 saturated heterocycles. The molecule has 0 aromatic heterocycles. The number of nitrogens with zero attached hydrogens (tertiary/aromatic N) is 1. The van der Waals surface area contributed by atoms with Crippen LogP contribution in [0.4, 0.5) is 0 Å². The fourth-order valence-corrected chi connectivity index (χ4v) is 0.339. The summed E-state index contributed by atoms with van der Waals surface area (Å²) in [6.45, 7) is 3.11. The maximum atomic E-state index is 10.5. The van der Waals surface area contributed by atoms with Crippen LogP contribution in [0.25, 0.3) is 0 Å². The van der Waals surface area contributed by atoms with E-state index in [1.165, 1.54) is 0 Å². The minimum atomic E-state index is -1.25. The van der Waals surface area contributed by atoms with Crippen LogP contribution >= 0.6 is 0 Å². The van der Waals surface area contributed by atoms with Crippen molar-refractivity contribution in [1.82, 2.24) is 0 Å². The van der Waals surface area contributed by atoms with Crippen LogP contribution < -0.4 is 0 Å². The number of ketones is 1. The van der Waals surface area contributed by atoms with Crippen LogP contribution in [0.1, 0.15) is 0 Å². The Bertz CT molecular complexity index is 203. The van der Waals surface area contributed by atoms with Gasteiger partial charge in [0.2, 0.25) is 6.08 Å². The van der Waals surface area contributed by atoms with Gasteiger partial charge in [-0.1, -0.05) is 6.58 Å². The monoisotopic (exact) mass is 139 g/mol. The van der Waals surface area contributed by atoms with E-state index < -0.39 is 11.8 Å². The molecule has 0 aliphatic carbocycles. The van der Waals surface area contributed by atoms with Crippen molar-refractivity contribution in [1.29, 1.82) is 0 Å². The van der Waals surface area contributed by atoms with E-state index in [-0.39, 0.29) is 6.29 Å². The third kappa shape index (κ3) is 2.15. The van der Waals surface area contributed by atoms with E-state index in [1.807, 2.05) is 0 Å². The lowest BCUT2D eigenvalue weighted by Gasteiger charge is -1.92. The third-order valence-electron chi connectivity index (χ3n) is 0.813. The van der Waals surface area contributed by atoms with Gasteiger partial charge in [-0.2, -0.15) is 4.99 Å². The van der Waals surface area contributed by atoms with E-state index in [1.54, 1.807) is 0 Å². The maximum absolute atomic E-state index is 10.5. The van der Waals surface area contributed by atoms with Crippen LogP contribution in [0.15, 0.2) is 17.6 Å². The predicted octanol–water partition coefficient (Wildman–Crippen LogP) is -0.355. The smallest absolute Gasteiger partial charge is 0.236 e. The normalized spacial score (nSPS) is 10.8. The van der Waals surface area contributed by atoms with Crippen LogP contribution in [0.2, 0.25) is 0 Å². The molecule has 0 heterocycles. The second-order valence-corrected chi connectivity index (χ2v) is 1.41. The first-order valence-electron chi connectivity index (χ1n) is 2.44. The van der Waals surface area contributed by atoms with Crippen molar-refractivity contribution in [2.45, 2.75) is 6.04 Å². The highest BCUT2D eigenvalue weighted by atomic mass is 16.1. The molecule has 0 N–H and O–H groups in total. The van der Waals surface area contributed by atoms with Gasteiger partial charge in [0.15, 0.2) is 18.1 Å². The van der Waals surface area contributed by atoms with Gasteiger partial charge >= 0.3 is 0 Å². The average molecular weight is 139 g/mol. The van der Waals surface area contributed by atoms with Crippen molar-refractivity contribution in [3.63, 3.8) is 0 Å². The largest absolute Gasteiger partial charge is 0.300 e. The second-order valence-electron chi connectivity index (χ2n) is 1.41. The maximum Gasteiger partial charge on any atom is 0.236 e. The molecule has 0 spiro atoms. The van der Waals surface area contributed by atoms with E-state index in [0.717, 1.165) is 12.2 Å². The molecule has 1 unspecified atom stereocenters. The third-order valence-corrected chi connectivity index (χ3v) is 0.813. The standard InChI is InChI=1S/C6H5NO3/c1-2-6(10)5(3-8)7-4-9/h2-3,5H,1H2. The molecule has 10 heavy (non-hydrogen) atoms. The molecule has 4 nitrogen and oxygen atoms in total. The SMILES string of the molecule is C=CC(=O)C(C=O)N=C=O. The van der Waals surface area contributed by atoms with Crippen molar-refractivity contribution in [3.05, 3.63) is 12.7 Å². The molecule has 4 heteroatoms. The van der Waals surface area contributed by atoms with Crippen molar-refractivity contribution >= 4 is 18.1 Å². The first-order valence-corrected chi connectivity index (χ1v) is 2.44. The van der Waals surface area contributed by atoms with Crippen molar-refractivity contribution in [2.24, 2.45) is 4.99 Å². The zero-order chi connectivity index (χ0) is 7.98. The second kappa shape index (κ2) is 4.35. The van der Waals surface area contributed by atoms with Gasteiger partial charge in [0.25, 0.3) is 0 Å². The number of aldehydes is 1. The van der Waals surface area contributed by atoms with Gasteiger partial charge in [-0.15, -0.1) is 0 Å². The fraction of sp³-hybridized carbons (Fsp3) is 0.167. The molecule has 1 atom stereocenters. The molecule has 0 saturated carbocycles. The summed E-state index contributed by atoms with van der Waals surface area (Å²) in [6.07, 6.45) is 2.30. The van der Waals surface area contributed by atoms with E-state index >= 15 is 0 Å². The van der Waals surface area contributed by atoms with Crippen molar-refractivity contribution in [3.8, 4) is 0 Å². The minimum absolute atomic E-state index is 0.259. The van der Waals surface area contributed by atoms with Crippen LogP contribution in [0.3, 0.4) is 0 Å². The number of aliphatic imine (C=N–C) groups is 1. The Balaban J connectivity index is 4.33. The van der Waals surface area contributed by atoms with Crippen molar-refractivity contribution in [2.75, 3.05) is 0 Å². The molecular formula is C6H5NO3. The summed E-state index contributed by atoms with van der Waals surface area (Å²) in [5, 5.41) is 0. The van der Waals surface area contributed by atoms with E-state index in [2.05, 4.69) is 11.6 Å². The van der Waals surface area contributed by atoms with Gasteiger partial charge in [0.1, 0.15) is 0 Å². The summed E-state index contributed by atoms with van der Waals surface area (Å²) < 4.78 is 0. The molecule has 0 bridgehead atoms. The van der Waals surface area contributed by atoms with Gasteiger partial charge < -0.3 is 4.79 Å². The molecule has 0 aliphatic rings. The highest BCUT2D eigenvalue weighted by Crippen LogP contribution is 1.87. The summed E-state index contributed by atoms with van der Waals surface area (Å²) >= 11 is 0. The summed E-state index contributed by atoms with van der Waals surface area (Å²) in [6, 6.07) is -1.25. The van der Waals surface area contributed by atoms with E-state index in [4.69, 9.17) is 0 Å². The molecule has 0 aromatic rings. The van der Waals surface area contributed by atoms with Gasteiger partial charge in [-0.3, -0.25) is 4.79 Å². The molecule has 0 aromatic carbocycles. The van der Waals surface area contributed by atoms with Gasteiger partial charge in [0, 0.05) is 0 Å². The quantitative estimate of drug-likeness (QED) is 0.176. The molecule has 52 valence electrons. The lowest BCUT2D eigenvalue weighted by molar-refractivity contribution is -0.120. The fourth-order valence-electron chi connectivity index (χ4n) is 0.339. The molecule has 0 fully saturated rings. The Hall–Kier alpha value is -1.54. The minimum Gasteiger partial charge on any atom is -0.300 e. The van der Waals surface area contributed by atoms with Crippen molar-refractivity contribution < 1.29 is 14.4 Å². The number of hydrogen-bond donors (Lipinski definition) is 0. The average Bonchev–Trinajstić information content (AvgIpc) is 1.99. The first-order chi connectivity index (χ1) is 4.76. The first kappa shape index (κ1) is 8.46. The lowest BCUT2D eigenvalue weighted by atomic mass is 10.2. The molecular weight excluding hydrogens is 134 g/mol. The van der Waals surface area contributed by atoms with Crippen LogP contribution in [-0.4, -0.2) is 24.2 Å². The number of rotatable bonds is 4. The number of isocyanates is 1. The number of carbonyl (C=O) groups excluding carboxylic acids is 3. The van der Waals surface area contributed by atoms with Crippen LogP contribution in [-0.2, 0) is 14.4 Å². The summed E-state index contributed by atoms with van der Waals surface area (Å²) in [4.78, 5) is 32.9. The van der Waals surface area contributed by atoms with E-state index in [9.17, 15) is 14.4 Å². The Kier molecular flexibility index (Phi) is 3.68. The van der Waals surface area contributed by atoms with Gasteiger partial charge in [0.05, 0.1) is 0 Å². The Morgan fingerprint density at radius 2 is 2.30 bits per heavy atom. The Morgan fingerprint density at radius 3 is 2.60 bits per heavy atom. The number of carbonyl (C=O) groups is 2. The molecule has 0 radical (unpaired) electrons. The Labute approximate surface area is 57.3 Å². The molecule has 0 amide bonds. The van der Waals surface area contributed by atoms with Crippen LogP contribution in [0.5, 0.6) is 0 Å². The zero-order valence-corrected chi connectivity index (χ0v) is 5.11. The van der Waals surface area contributed by atoms with E-state index in [0.29, 0.717) is 0 Å². The lowest BCUT2D eigenvalue weighted by Crippen LogP contribution is -2.16. The predicted molar refractivity (Wildman–Crippen MR) is 33.2 cm³/mol. The highest BCUT2D eigenvalue weighted by Gasteiger charge is 2.11. The summed E-state index contributed by atoms with van der Waals surface area (Å²) in [7, 11) is 0. The summed E-state index contributed by atoms with van der Waals surface area (Å²) in [5.41, 5.74) is 0. The molecule has 0 aliphatic heterocycles. The zero-order valence-electron chi connectivity index (χ0n) is 5.11. The van der Waals surface area contributed by atoms with Crippen LogP contribution in [0, 0.1) is 0 Å². The topological polar surface area (TPSA) is 63.6 Å². The summed E-state index contributed by atoms with van der Waals surface area (Å²) in [5.74, 6) is -0.599. The number of hydrogen-bond acceptors (Lipinski definition) is 4. The Morgan fingerprint density at radius 1 is 1.70 bits per heavy atom. The van der Waals surface area contributed by atoms with Gasteiger partial charge in [-0.25, -0.2) is 4.79 Å². The molecule has 0 rings (SSSR count). The van der Waals surface area contributed by atoms with Gasteiger partial charge in [-0.05, 0) is 6.08 Å². The highest BCUT2D eigenvalue weighted by molar-refractivity contribution is 6.04.